The Hall–Kier alpha value is -2.10. The highest BCUT2D eigenvalue weighted by molar-refractivity contribution is 6.36. The van der Waals surface area contributed by atoms with Crippen molar-refractivity contribution in [1.82, 2.24) is 4.90 Å². The minimum atomic E-state index is 0.116. The van der Waals surface area contributed by atoms with Gasteiger partial charge in [-0.2, -0.15) is 0 Å². The SMILES string of the molecule is CN1CCC(N2C(=O)C(=Cc3ccc(Cl)cc3)c3ccccc32)CC1. The molecule has 3 nitrogen and oxygen atoms in total. The third kappa shape index (κ3) is 3.10. The summed E-state index contributed by atoms with van der Waals surface area (Å²) in [5.41, 5.74) is 3.84. The van der Waals surface area contributed by atoms with Crippen LogP contribution in [0.5, 0.6) is 0 Å². The van der Waals surface area contributed by atoms with Crippen molar-refractivity contribution < 1.29 is 4.79 Å². The molecule has 0 bridgehead atoms. The third-order valence-corrected chi connectivity index (χ3v) is 5.39. The van der Waals surface area contributed by atoms with Gasteiger partial charge in [-0.25, -0.2) is 0 Å². The van der Waals surface area contributed by atoms with Crippen molar-refractivity contribution in [3.63, 3.8) is 0 Å². The van der Waals surface area contributed by atoms with Crippen LogP contribution in [0.15, 0.2) is 48.5 Å². The second-order valence-electron chi connectivity index (χ2n) is 6.84. The summed E-state index contributed by atoms with van der Waals surface area (Å²) in [6.07, 6.45) is 4.02. The summed E-state index contributed by atoms with van der Waals surface area (Å²) in [6.45, 7) is 2.07. The molecule has 2 heterocycles. The zero-order valence-corrected chi connectivity index (χ0v) is 15.0. The zero-order valence-electron chi connectivity index (χ0n) is 14.3. The van der Waals surface area contributed by atoms with Gasteiger partial charge in [-0.15, -0.1) is 0 Å². The average Bonchev–Trinajstić information content (AvgIpc) is 2.90. The Morgan fingerprint density at radius 2 is 1.72 bits per heavy atom. The van der Waals surface area contributed by atoms with E-state index in [4.69, 9.17) is 11.6 Å². The van der Waals surface area contributed by atoms with Crippen molar-refractivity contribution in [2.45, 2.75) is 18.9 Å². The maximum absolute atomic E-state index is 13.2. The predicted molar refractivity (Wildman–Crippen MR) is 104 cm³/mol. The van der Waals surface area contributed by atoms with E-state index in [0.29, 0.717) is 5.02 Å². The van der Waals surface area contributed by atoms with Gasteiger partial charge >= 0.3 is 0 Å². The molecule has 0 radical (unpaired) electrons. The molecule has 4 rings (SSSR count). The molecule has 1 amide bonds. The molecule has 0 unspecified atom stereocenters. The van der Waals surface area contributed by atoms with Crippen LogP contribution >= 0.6 is 11.6 Å². The number of amides is 1. The molecule has 0 N–H and O–H groups in total. The molecule has 25 heavy (non-hydrogen) atoms. The van der Waals surface area contributed by atoms with Crippen molar-refractivity contribution in [2.75, 3.05) is 25.0 Å². The van der Waals surface area contributed by atoms with Crippen LogP contribution in [0.25, 0.3) is 11.6 Å². The Balaban J connectivity index is 1.72. The highest BCUT2D eigenvalue weighted by Crippen LogP contribution is 2.40. The van der Waals surface area contributed by atoms with E-state index < -0.39 is 0 Å². The van der Waals surface area contributed by atoms with E-state index in [1.807, 2.05) is 53.4 Å². The van der Waals surface area contributed by atoms with E-state index in [2.05, 4.69) is 18.0 Å². The Bertz CT molecular complexity index is 820. The van der Waals surface area contributed by atoms with Crippen LogP contribution < -0.4 is 4.90 Å². The van der Waals surface area contributed by atoms with Gasteiger partial charge in [-0.05, 0) is 62.8 Å². The van der Waals surface area contributed by atoms with Crippen LogP contribution in [0.1, 0.15) is 24.0 Å². The summed E-state index contributed by atoms with van der Waals surface area (Å²) in [6, 6.07) is 16.0. The van der Waals surface area contributed by atoms with Crippen molar-refractivity contribution in [2.24, 2.45) is 0 Å². The van der Waals surface area contributed by atoms with Crippen LogP contribution in [0, 0.1) is 0 Å². The summed E-state index contributed by atoms with van der Waals surface area (Å²) in [5.74, 6) is 0.116. The number of likely N-dealkylation sites (tertiary alicyclic amines) is 1. The first-order valence-electron chi connectivity index (χ1n) is 8.72. The van der Waals surface area contributed by atoms with Crippen LogP contribution in [0.3, 0.4) is 0 Å². The van der Waals surface area contributed by atoms with E-state index in [9.17, 15) is 4.79 Å². The number of benzene rings is 2. The van der Waals surface area contributed by atoms with E-state index in [0.717, 1.165) is 48.3 Å². The Labute approximate surface area is 153 Å². The van der Waals surface area contributed by atoms with Crippen LogP contribution in [-0.2, 0) is 4.79 Å². The maximum Gasteiger partial charge on any atom is 0.259 e. The number of rotatable bonds is 2. The molecule has 0 aliphatic carbocycles. The lowest BCUT2D eigenvalue weighted by Gasteiger charge is -2.35. The van der Waals surface area contributed by atoms with Crippen molar-refractivity contribution >= 4 is 34.8 Å². The molecule has 2 aliphatic rings. The molecular formula is C21H21ClN2O. The second kappa shape index (κ2) is 6.66. The molecule has 0 aromatic heterocycles. The molecule has 1 fully saturated rings. The van der Waals surface area contributed by atoms with Gasteiger partial charge in [0.05, 0.1) is 5.69 Å². The third-order valence-electron chi connectivity index (χ3n) is 5.14. The molecule has 128 valence electrons. The predicted octanol–water partition coefficient (Wildman–Crippen LogP) is 4.32. The fraction of sp³-hybridized carbons (Fsp3) is 0.286. The molecular weight excluding hydrogens is 332 g/mol. The summed E-state index contributed by atoms with van der Waals surface area (Å²) in [5, 5.41) is 0.702. The molecule has 1 saturated heterocycles. The lowest BCUT2D eigenvalue weighted by atomic mass is 10.0. The number of carbonyl (C=O) groups excluding carboxylic acids is 1. The molecule has 4 heteroatoms. The quantitative estimate of drug-likeness (QED) is 0.751. The number of piperidine rings is 1. The topological polar surface area (TPSA) is 23.6 Å². The van der Waals surface area contributed by atoms with E-state index in [1.54, 1.807) is 0 Å². The van der Waals surface area contributed by atoms with Crippen LogP contribution in [-0.4, -0.2) is 37.0 Å². The maximum atomic E-state index is 13.2. The van der Waals surface area contributed by atoms with Gasteiger partial charge in [0.25, 0.3) is 5.91 Å². The van der Waals surface area contributed by atoms with E-state index >= 15 is 0 Å². The molecule has 0 saturated carbocycles. The van der Waals surface area contributed by atoms with Gasteiger partial charge in [0.1, 0.15) is 0 Å². The highest BCUT2D eigenvalue weighted by Gasteiger charge is 2.37. The van der Waals surface area contributed by atoms with Gasteiger partial charge in [0.15, 0.2) is 0 Å². The molecule has 0 spiro atoms. The summed E-state index contributed by atoms with van der Waals surface area (Å²) < 4.78 is 0. The van der Waals surface area contributed by atoms with Crippen molar-refractivity contribution in [1.29, 1.82) is 0 Å². The lowest BCUT2D eigenvalue weighted by Crippen LogP contribution is -2.45. The highest BCUT2D eigenvalue weighted by atomic mass is 35.5. The fourth-order valence-electron chi connectivity index (χ4n) is 3.75. The second-order valence-corrected chi connectivity index (χ2v) is 7.27. The minimum absolute atomic E-state index is 0.116. The van der Waals surface area contributed by atoms with Crippen molar-refractivity contribution in [3.05, 3.63) is 64.7 Å². The lowest BCUT2D eigenvalue weighted by molar-refractivity contribution is -0.113. The largest absolute Gasteiger partial charge is 0.306 e. The fourth-order valence-corrected chi connectivity index (χ4v) is 3.87. The first-order chi connectivity index (χ1) is 12.1. The Kier molecular flexibility index (Phi) is 4.36. The molecule has 0 atom stereocenters. The van der Waals surface area contributed by atoms with Gasteiger partial charge < -0.3 is 9.80 Å². The number of hydrogen-bond donors (Lipinski definition) is 0. The van der Waals surface area contributed by atoms with Gasteiger partial charge in [0.2, 0.25) is 0 Å². The van der Waals surface area contributed by atoms with Gasteiger partial charge in [0, 0.05) is 22.2 Å². The standard InChI is InChI=1S/C21H21ClN2O/c1-23-12-10-17(11-13-23)24-20-5-3-2-4-18(20)19(21(24)25)14-15-6-8-16(22)9-7-15/h2-9,14,17H,10-13H2,1H3. The zero-order chi connectivity index (χ0) is 17.4. The minimum Gasteiger partial charge on any atom is -0.306 e. The Morgan fingerprint density at radius 1 is 1.04 bits per heavy atom. The first kappa shape index (κ1) is 16.4. The first-order valence-corrected chi connectivity index (χ1v) is 9.10. The smallest absolute Gasteiger partial charge is 0.259 e. The number of halogens is 1. The molecule has 2 aromatic rings. The number of hydrogen-bond acceptors (Lipinski definition) is 2. The number of para-hydroxylation sites is 1. The Morgan fingerprint density at radius 3 is 2.44 bits per heavy atom. The normalized spacial score (nSPS) is 20.3. The number of fused-ring (bicyclic) bond motifs is 1. The van der Waals surface area contributed by atoms with Gasteiger partial charge in [-0.3, -0.25) is 4.79 Å². The average molecular weight is 353 g/mol. The van der Waals surface area contributed by atoms with Crippen LogP contribution in [0.2, 0.25) is 5.02 Å². The van der Waals surface area contributed by atoms with Crippen molar-refractivity contribution in [3.8, 4) is 0 Å². The van der Waals surface area contributed by atoms with E-state index in [-0.39, 0.29) is 11.9 Å². The van der Waals surface area contributed by atoms with Crippen LogP contribution in [0.4, 0.5) is 5.69 Å². The molecule has 2 aromatic carbocycles. The number of anilines is 1. The number of nitrogens with zero attached hydrogens (tertiary/aromatic N) is 2. The summed E-state index contributed by atoms with van der Waals surface area (Å²) >= 11 is 5.97. The summed E-state index contributed by atoms with van der Waals surface area (Å²) in [7, 11) is 2.14. The van der Waals surface area contributed by atoms with Gasteiger partial charge in [-0.1, -0.05) is 41.9 Å². The summed E-state index contributed by atoms with van der Waals surface area (Å²) in [4.78, 5) is 17.6. The monoisotopic (exact) mass is 352 g/mol. The molecule has 2 aliphatic heterocycles. The number of carbonyl (C=O) groups is 1. The van der Waals surface area contributed by atoms with E-state index in [1.165, 1.54) is 0 Å².